The van der Waals surface area contributed by atoms with E-state index in [0.29, 0.717) is 41.3 Å². The van der Waals surface area contributed by atoms with Crippen molar-refractivity contribution >= 4 is 26.9 Å². The molecule has 1 fully saturated rings. The molecule has 0 unspecified atom stereocenters. The van der Waals surface area contributed by atoms with Crippen molar-refractivity contribution in [2.24, 2.45) is 5.92 Å². The molecular weight excluding hydrogens is 390 g/mol. The number of sulfonamides is 1. The summed E-state index contributed by atoms with van der Waals surface area (Å²) >= 11 is 0. The van der Waals surface area contributed by atoms with Gasteiger partial charge in [0.25, 0.3) is 0 Å². The number of nitrogens with zero attached hydrogens (tertiary/aromatic N) is 3. The first-order chi connectivity index (χ1) is 13.9. The number of carboxylic acid groups (broad SMARTS) is 1. The number of aromatic nitrogens is 2. The molecule has 1 aliphatic rings. The van der Waals surface area contributed by atoms with Crippen molar-refractivity contribution in [2.45, 2.75) is 24.7 Å². The Morgan fingerprint density at radius 3 is 2.52 bits per heavy atom. The lowest BCUT2D eigenvalue weighted by Gasteiger charge is -2.29. The summed E-state index contributed by atoms with van der Waals surface area (Å²) < 4.78 is 27.6. The van der Waals surface area contributed by atoms with Gasteiger partial charge in [0.05, 0.1) is 27.4 Å². The van der Waals surface area contributed by atoms with Crippen molar-refractivity contribution in [3.63, 3.8) is 0 Å². The van der Waals surface area contributed by atoms with Crippen LogP contribution in [0.5, 0.6) is 0 Å². The Hall–Kier alpha value is -2.84. The number of benzene rings is 1. The highest BCUT2D eigenvalue weighted by atomic mass is 32.2. The molecular formula is C21H21N3O4S. The minimum Gasteiger partial charge on any atom is -0.478 e. The molecule has 8 heteroatoms. The fourth-order valence-electron chi connectivity index (χ4n) is 3.56. The molecule has 3 aromatic rings. The summed E-state index contributed by atoms with van der Waals surface area (Å²) in [6.07, 6.45) is 3.25. The summed E-state index contributed by atoms with van der Waals surface area (Å²) in [5, 5.41) is 10.0. The van der Waals surface area contributed by atoms with Gasteiger partial charge >= 0.3 is 5.97 Å². The van der Waals surface area contributed by atoms with Crippen molar-refractivity contribution in [3.8, 4) is 11.4 Å². The van der Waals surface area contributed by atoms with E-state index in [4.69, 9.17) is 0 Å². The summed E-state index contributed by atoms with van der Waals surface area (Å²) in [6, 6.07) is 11.2. The molecule has 0 bridgehead atoms. The third-order valence-corrected chi connectivity index (χ3v) is 7.21. The van der Waals surface area contributed by atoms with Crippen LogP contribution in [0.4, 0.5) is 0 Å². The molecule has 150 valence electrons. The van der Waals surface area contributed by atoms with Gasteiger partial charge in [-0.25, -0.2) is 18.2 Å². The summed E-state index contributed by atoms with van der Waals surface area (Å²) in [5.41, 5.74) is 1.39. The van der Waals surface area contributed by atoms with E-state index in [1.165, 1.54) is 22.5 Å². The minimum absolute atomic E-state index is 0.0000283. The Morgan fingerprint density at radius 2 is 1.86 bits per heavy atom. The van der Waals surface area contributed by atoms with Gasteiger partial charge in [-0.2, -0.15) is 4.31 Å². The Morgan fingerprint density at radius 1 is 1.10 bits per heavy atom. The summed E-state index contributed by atoms with van der Waals surface area (Å²) in [7, 11) is -3.68. The van der Waals surface area contributed by atoms with Crippen LogP contribution in [0.3, 0.4) is 0 Å². The molecule has 0 saturated carbocycles. The van der Waals surface area contributed by atoms with Crippen LogP contribution < -0.4 is 0 Å². The second kappa shape index (κ2) is 7.53. The molecule has 0 amide bonds. The van der Waals surface area contributed by atoms with Crippen LogP contribution >= 0.6 is 0 Å². The normalized spacial score (nSPS) is 16.2. The lowest BCUT2D eigenvalue weighted by Crippen LogP contribution is -2.37. The molecule has 7 nitrogen and oxygen atoms in total. The van der Waals surface area contributed by atoms with Gasteiger partial charge in [-0.05, 0) is 55.2 Å². The third kappa shape index (κ3) is 3.73. The number of hydrogen-bond acceptors (Lipinski definition) is 5. The molecule has 0 radical (unpaired) electrons. The van der Waals surface area contributed by atoms with Gasteiger partial charge in [0, 0.05) is 24.7 Å². The summed E-state index contributed by atoms with van der Waals surface area (Å²) in [6.45, 7) is 3.07. The van der Waals surface area contributed by atoms with E-state index in [1.54, 1.807) is 30.5 Å². The van der Waals surface area contributed by atoms with Gasteiger partial charge in [0.2, 0.25) is 10.0 Å². The van der Waals surface area contributed by atoms with Crippen molar-refractivity contribution in [3.05, 3.63) is 54.2 Å². The van der Waals surface area contributed by atoms with Crippen LogP contribution in [-0.4, -0.2) is 46.9 Å². The topological polar surface area (TPSA) is 100 Å². The number of pyridine rings is 2. The Labute approximate surface area is 169 Å². The van der Waals surface area contributed by atoms with E-state index >= 15 is 0 Å². The van der Waals surface area contributed by atoms with Crippen molar-refractivity contribution < 1.29 is 18.3 Å². The van der Waals surface area contributed by atoms with E-state index in [-0.39, 0.29) is 10.5 Å². The average Bonchev–Trinajstić information content (AvgIpc) is 2.73. The smallest absolute Gasteiger partial charge is 0.336 e. The molecule has 0 aliphatic carbocycles. The lowest BCUT2D eigenvalue weighted by molar-refractivity contribution is 0.0699. The minimum atomic E-state index is -3.68. The highest BCUT2D eigenvalue weighted by Gasteiger charge is 2.28. The zero-order valence-electron chi connectivity index (χ0n) is 15.9. The third-order valence-electron chi connectivity index (χ3n) is 5.32. The second-order valence-electron chi connectivity index (χ2n) is 7.34. The van der Waals surface area contributed by atoms with Gasteiger partial charge in [-0.1, -0.05) is 13.0 Å². The van der Waals surface area contributed by atoms with Crippen LogP contribution in [0.1, 0.15) is 30.1 Å². The molecule has 1 aromatic carbocycles. The first-order valence-electron chi connectivity index (χ1n) is 9.46. The fourth-order valence-corrected chi connectivity index (χ4v) is 5.06. The maximum atomic E-state index is 13.1. The van der Waals surface area contributed by atoms with E-state index in [2.05, 4.69) is 16.9 Å². The molecule has 29 heavy (non-hydrogen) atoms. The van der Waals surface area contributed by atoms with Crippen LogP contribution in [0, 0.1) is 5.92 Å². The summed E-state index contributed by atoms with van der Waals surface area (Å²) in [5.74, 6) is -0.637. The van der Waals surface area contributed by atoms with Crippen LogP contribution in [0.25, 0.3) is 22.3 Å². The van der Waals surface area contributed by atoms with Crippen LogP contribution in [-0.2, 0) is 10.0 Å². The number of piperidine rings is 1. The van der Waals surface area contributed by atoms with E-state index < -0.39 is 16.0 Å². The lowest BCUT2D eigenvalue weighted by atomic mass is 10.0. The molecule has 1 N–H and O–H groups in total. The first-order valence-corrected chi connectivity index (χ1v) is 10.9. The predicted molar refractivity (Wildman–Crippen MR) is 109 cm³/mol. The SMILES string of the molecule is CC1CCN(S(=O)(=O)c2ccc3nc(-c4ccccn4)cc(C(=O)O)c3c2)CC1. The van der Waals surface area contributed by atoms with E-state index in [0.717, 1.165) is 12.8 Å². The Bertz CT molecular complexity index is 1170. The summed E-state index contributed by atoms with van der Waals surface area (Å²) in [4.78, 5) is 20.7. The molecule has 0 atom stereocenters. The quantitative estimate of drug-likeness (QED) is 0.706. The first kappa shape index (κ1) is 19.5. The van der Waals surface area contributed by atoms with Gasteiger partial charge < -0.3 is 5.11 Å². The van der Waals surface area contributed by atoms with E-state index in [1.807, 2.05) is 0 Å². The van der Waals surface area contributed by atoms with Gasteiger partial charge in [0.15, 0.2) is 0 Å². The highest BCUT2D eigenvalue weighted by Crippen LogP contribution is 2.29. The zero-order valence-corrected chi connectivity index (χ0v) is 16.8. The average molecular weight is 411 g/mol. The highest BCUT2D eigenvalue weighted by molar-refractivity contribution is 7.89. The molecule has 2 aromatic heterocycles. The van der Waals surface area contributed by atoms with Crippen molar-refractivity contribution in [1.82, 2.24) is 14.3 Å². The molecule has 0 spiro atoms. The van der Waals surface area contributed by atoms with Gasteiger partial charge in [-0.15, -0.1) is 0 Å². The zero-order chi connectivity index (χ0) is 20.6. The van der Waals surface area contributed by atoms with Gasteiger partial charge in [0.1, 0.15) is 0 Å². The Balaban J connectivity index is 1.81. The number of hydrogen-bond donors (Lipinski definition) is 1. The predicted octanol–water partition coefficient (Wildman–Crippen LogP) is 3.42. The number of aromatic carboxylic acids is 1. The number of carbonyl (C=O) groups is 1. The van der Waals surface area contributed by atoms with Crippen molar-refractivity contribution in [2.75, 3.05) is 13.1 Å². The standard InChI is InChI=1S/C21H21N3O4S/c1-14-7-10-24(11-8-14)29(27,28)15-5-6-18-16(12-15)17(21(25)26)13-20(23-18)19-4-2-3-9-22-19/h2-6,9,12-14H,7-8,10-11H2,1H3,(H,25,26). The second-order valence-corrected chi connectivity index (χ2v) is 9.28. The number of fused-ring (bicyclic) bond motifs is 1. The molecule has 3 heterocycles. The van der Waals surface area contributed by atoms with E-state index in [9.17, 15) is 18.3 Å². The van der Waals surface area contributed by atoms with Crippen LogP contribution in [0.2, 0.25) is 0 Å². The maximum absolute atomic E-state index is 13.1. The maximum Gasteiger partial charge on any atom is 0.336 e. The molecule has 1 aliphatic heterocycles. The fraction of sp³-hybridized carbons (Fsp3) is 0.286. The Kier molecular flexibility index (Phi) is 5.06. The number of rotatable bonds is 4. The van der Waals surface area contributed by atoms with Gasteiger partial charge in [-0.3, -0.25) is 4.98 Å². The monoisotopic (exact) mass is 411 g/mol. The van der Waals surface area contributed by atoms with Crippen molar-refractivity contribution in [1.29, 1.82) is 0 Å². The van der Waals surface area contributed by atoms with Crippen LogP contribution in [0.15, 0.2) is 53.6 Å². The number of carboxylic acids is 1. The largest absolute Gasteiger partial charge is 0.478 e. The molecule has 4 rings (SSSR count). The molecule has 1 saturated heterocycles.